The number of aromatic nitrogens is 3. The van der Waals surface area contributed by atoms with Crippen LogP contribution < -0.4 is 5.32 Å². The third kappa shape index (κ3) is 5.20. The maximum Gasteiger partial charge on any atom is 0.290 e. The summed E-state index contributed by atoms with van der Waals surface area (Å²) in [6, 6.07) is 6.41. The number of hydrogen-bond donors (Lipinski definition) is 3. The quantitative estimate of drug-likeness (QED) is 0.581. The van der Waals surface area contributed by atoms with E-state index in [-0.39, 0.29) is 18.4 Å². The molecule has 0 bridgehead atoms. The summed E-state index contributed by atoms with van der Waals surface area (Å²) < 4.78 is 2.03. The van der Waals surface area contributed by atoms with Crippen molar-refractivity contribution in [3.63, 3.8) is 0 Å². The van der Waals surface area contributed by atoms with Gasteiger partial charge in [0.1, 0.15) is 5.82 Å². The fraction of sp³-hybridized carbons (Fsp3) is 0.350. The molecule has 7 heteroatoms. The molecule has 0 fully saturated rings. The van der Waals surface area contributed by atoms with Gasteiger partial charge in [-0.3, -0.25) is 9.59 Å². The van der Waals surface area contributed by atoms with Crippen LogP contribution in [0.4, 0.5) is 0 Å². The van der Waals surface area contributed by atoms with E-state index in [1.165, 1.54) is 22.0 Å². The Hall–Kier alpha value is -3.09. The number of imidazole rings is 1. The Bertz CT molecular complexity index is 898. The van der Waals surface area contributed by atoms with Crippen LogP contribution in [-0.2, 0) is 16.0 Å². The maximum atomic E-state index is 12.2. The van der Waals surface area contributed by atoms with E-state index in [1.807, 2.05) is 30.8 Å². The van der Waals surface area contributed by atoms with E-state index in [2.05, 4.69) is 40.4 Å². The normalized spacial score (nSPS) is 11.5. The highest BCUT2D eigenvalue weighted by atomic mass is 16.3. The van der Waals surface area contributed by atoms with Crippen molar-refractivity contribution in [3.05, 3.63) is 53.7 Å². The van der Waals surface area contributed by atoms with Gasteiger partial charge in [0.05, 0.1) is 0 Å². The fourth-order valence-corrected chi connectivity index (χ4v) is 3.20. The molecule has 3 aromatic rings. The van der Waals surface area contributed by atoms with Crippen molar-refractivity contribution < 1.29 is 14.7 Å². The molecule has 0 saturated carbocycles. The molecule has 0 spiro atoms. The van der Waals surface area contributed by atoms with Crippen LogP contribution in [0, 0.1) is 13.8 Å². The van der Waals surface area contributed by atoms with Gasteiger partial charge in [0.25, 0.3) is 6.47 Å². The second kappa shape index (κ2) is 9.56. The Morgan fingerprint density at radius 3 is 2.81 bits per heavy atom. The first-order chi connectivity index (χ1) is 13.0. The van der Waals surface area contributed by atoms with E-state index in [4.69, 9.17) is 9.90 Å². The molecule has 27 heavy (non-hydrogen) atoms. The van der Waals surface area contributed by atoms with Crippen molar-refractivity contribution in [1.82, 2.24) is 19.9 Å². The smallest absolute Gasteiger partial charge is 0.290 e. The molecule has 3 rings (SSSR count). The minimum atomic E-state index is -0.250. The summed E-state index contributed by atoms with van der Waals surface area (Å²) in [6.07, 6.45) is 7.02. The van der Waals surface area contributed by atoms with E-state index in [1.54, 1.807) is 6.20 Å². The molecule has 3 N–H and O–H groups in total. The zero-order chi connectivity index (χ0) is 19.8. The zero-order valence-corrected chi connectivity index (χ0v) is 15.9. The zero-order valence-electron chi connectivity index (χ0n) is 15.9. The number of nitrogens with zero attached hydrogens (tertiary/aromatic N) is 2. The van der Waals surface area contributed by atoms with E-state index in [9.17, 15) is 4.79 Å². The van der Waals surface area contributed by atoms with Crippen molar-refractivity contribution in [2.45, 2.75) is 39.7 Å². The van der Waals surface area contributed by atoms with Gasteiger partial charge in [0.2, 0.25) is 5.91 Å². The molecule has 2 aromatic heterocycles. The van der Waals surface area contributed by atoms with Crippen molar-refractivity contribution in [1.29, 1.82) is 0 Å². The minimum Gasteiger partial charge on any atom is -0.483 e. The van der Waals surface area contributed by atoms with Gasteiger partial charge in [-0.1, -0.05) is 18.2 Å². The van der Waals surface area contributed by atoms with Gasteiger partial charge in [-0.05, 0) is 38.3 Å². The SMILES string of the molecule is Cc1cccc2c(CCNC(=O)CC(C)n3ccnc3C)c[nH]c12.O=CO. The molecular formula is C20H26N4O3. The van der Waals surface area contributed by atoms with Crippen LogP contribution >= 0.6 is 0 Å². The first-order valence-corrected chi connectivity index (χ1v) is 8.87. The third-order valence-corrected chi connectivity index (χ3v) is 4.54. The number of aromatic amines is 1. The van der Waals surface area contributed by atoms with Gasteiger partial charge in [0.15, 0.2) is 0 Å². The van der Waals surface area contributed by atoms with Crippen LogP contribution in [0.25, 0.3) is 10.9 Å². The number of para-hydroxylation sites is 1. The number of aryl methyl sites for hydroxylation is 2. The molecule has 0 radical (unpaired) electrons. The summed E-state index contributed by atoms with van der Waals surface area (Å²) in [4.78, 5) is 28.0. The molecule has 0 aliphatic carbocycles. The molecule has 2 heterocycles. The number of carboxylic acid groups (broad SMARTS) is 1. The largest absolute Gasteiger partial charge is 0.483 e. The van der Waals surface area contributed by atoms with E-state index in [0.29, 0.717) is 13.0 Å². The number of fused-ring (bicyclic) bond motifs is 1. The lowest BCUT2D eigenvalue weighted by molar-refractivity contribution is -0.123. The lowest BCUT2D eigenvalue weighted by Gasteiger charge is -2.14. The molecular weight excluding hydrogens is 344 g/mol. The van der Waals surface area contributed by atoms with Crippen LogP contribution in [0.15, 0.2) is 36.8 Å². The monoisotopic (exact) mass is 370 g/mol. The number of benzene rings is 1. The molecule has 0 aliphatic rings. The predicted molar refractivity (Wildman–Crippen MR) is 105 cm³/mol. The Morgan fingerprint density at radius 1 is 1.41 bits per heavy atom. The van der Waals surface area contributed by atoms with Crippen LogP contribution in [0.3, 0.4) is 0 Å². The highest BCUT2D eigenvalue weighted by molar-refractivity contribution is 5.86. The average molecular weight is 370 g/mol. The van der Waals surface area contributed by atoms with Gasteiger partial charge in [-0.2, -0.15) is 0 Å². The standard InChI is InChI=1S/C19H24N4O.CH2O2/c1-13-5-4-6-17-16(12-22-19(13)17)7-8-21-18(24)11-14(2)23-10-9-20-15(23)3;2-1-3/h4-6,9-10,12,14,22H,7-8,11H2,1-3H3,(H,21,24);1H,(H,2,3). The summed E-state index contributed by atoms with van der Waals surface area (Å²) in [7, 11) is 0. The van der Waals surface area contributed by atoms with Crippen molar-refractivity contribution in [3.8, 4) is 0 Å². The van der Waals surface area contributed by atoms with Gasteiger partial charge < -0.3 is 20.0 Å². The predicted octanol–water partition coefficient (Wildman–Crippen LogP) is 2.99. The maximum absolute atomic E-state index is 12.2. The van der Waals surface area contributed by atoms with Crippen molar-refractivity contribution in [2.24, 2.45) is 0 Å². The minimum absolute atomic E-state index is 0.0756. The summed E-state index contributed by atoms with van der Waals surface area (Å²) >= 11 is 0. The number of H-pyrrole nitrogens is 1. The molecule has 0 aliphatic heterocycles. The van der Waals surface area contributed by atoms with Crippen LogP contribution in [-0.4, -0.2) is 38.6 Å². The second-order valence-electron chi connectivity index (χ2n) is 6.45. The Balaban J connectivity index is 0.000000817. The lowest BCUT2D eigenvalue weighted by Crippen LogP contribution is -2.27. The summed E-state index contributed by atoms with van der Waals surface area (Å²) in [5.41, 5.74) is 3.67. The average Bonchev–Trinajstić information content (AvgIpc) is 3.23. The molecule has 1 amide bonds. The van der Waals surface area contributed by atoms with E-state index >= 15 is 0 Å². The Kier molecular flexibility index (Phi) is 7.16. The molecule has 1 aromatic carbocycles. The fourth-order valence-electron chi connectivity index (χ4n) is 3.20. The summed E-state index contributed by atoms with van der Waals surface area (Å²) in [5.74, 6) is 1.01. The van der Waals surface area contributed by atoms with Gasteiger partial charge >= 0.3 is 0 Å². The summed E-state index contributed by atoms with van der Waals surface area (Å²) in [5, 5.41) is 11.2. The van der Waals surface area contributed by atoms with Crippen molar-refractivity contribution in [2.75, 3.05) is 6.54 Å². The summed E-state index contributed by atoms with van der Waals surface area (Å²) in [6.45, 7) is 6.49. The number of nitrogens with one attached hydrogen (secondary N) is 2. The number of amides is 1. The molecule has 144 valence electrons. The van der Waals surface area contributed by atoms with E-state index in [0.717, 1.165) is 12.2 Å². The first-order valence-electron chi connectivity index (χ1n) is 8.87. The van der Waals surface area contributed by atoms with E-state index < -0.39 is 0 Å². The highest BCUT2D eigenvalue weighted by Gasteiger charge is 2.12. The number of carbonyl (C=O) groups is 2. The second-order valence-corrected chi connectivity index (χ2v) is 6.45. The van der Waals surface area contributed by atoms with Crippen LogP contribution in [0.5, 0.6) is 0 Å². The van der Waals surface area contributed by atoms with Gasteiger partial charge in [-0.25, -0.2) is 4.98 Å². The Morgan fingerprint density at radius 2 is 2.15 bits per heavy atom. The number of rotatable bonds is 6. The number of hydrogen-bond acceptors (Lipinski definition) is 3. The number of carbonyl (C=O) groups excluding carboxylic acids is 1. The molecule has 0 saturated heterocycles. The Labute approximate surface area is 158 Å². The van der Waals surface area contributed by atoms with Gasteiger partial charge in [-0.15, -0.1) is 0 Å². The highest BCUT2D eigenvalue weighted by Crippen LogP contribution is 2.21. The van der Waals surface area contributed by atoms with Crippen molar-refractivity contribution >= 4 is 23.3 Å². The molecule has 1 atom stereocenters. The first kappa shape index (κ1) is 20.2. The van der Waals surface area contributed by atoms with Gasteiger partial charge in [0, 0.05) is 48.5 Å². The topological polar surface area (TPSA) is 100 Å². The lowest BCUT2D eigenvalue weighted by atomic mass is 10.1. The third-order valence-electron chi connectivity index (χ3n) is 4.54. The molecule has 1 unspecified atom stereocenters. The molecule has 7 nitrogen and oxygen atoms in total. The van der Waals surface area contributed by atoms with Crippen LogP contribution in [0.1, 0.15) is 36.3 Å². The van der Waals surface area contributed by atoms with Crippen LogP contribution in [0.2, 0.25) is 0 Å².